The second-order valence-corrected chi connectivity index (χ2v) is 11.8. The fourth-order valence-corrected chi connectivity index (χ4v) is 5.73. The highest BCUT2D eigenvalue weighted by Gasteiger charge is 2.24. The molecule has 0 amide bonds. The molecule has 2 rings (SSSR count). The van der Waals surface area contributed by atoms with Gasteiger partial charge in [0.15, 0.2) is 12.4 Å². The average Bonchev–Trinajstić information content (AvgIpc) is 3.38. The smallest absolute Gasteiger partial charge is 0.168 e. The van der Waals surface area contributed by atoms with Gasteiger partial charge in [-0.3, -0.25) is 0 Å². The first-order valence-corrected chi connectivity index (χ1v) is 16.5. The molecule has 1 aliphatic rings. The zero-order valence-electron chi connectivity index (χ0n) is 24.7. The van der Waals surface area contributed by atoms with E-state index in [9.17, 15) is 0 Å². The maximum absolute atomic E-state index is 6.02. The molecule has 0 aromatic carbocycles. The van der Waals surface area contributed by atoms with Gasteiger partial charge >= 0.3 is 0 Å². The van der Waals surface area contributed by atoms with E-state index in [0.717, 1.165) is 32.3 Å². The summed E-state index contributed by atoms with van der Waals surface area (Å²) in [7, 11) is 0. The lowest BCUT2D eigenvalue weighted by Gasteiger charge is -2.10. The molecule has 0 aliphatic carbocycles. The Morgan fingerprint density at radius 2 is 1.19 bits per heavy atom. The summed E-state index contributed by atoms with van der Waals surface area (Å²) < 4.78 is 14.2. The average molecular weight is 517 g/mol. The van der Waals surface area contributed by atoms with Gasteiger partial charge in [-0.05, 0) is 31.6 Å². The van der Waals surface area contributed by atoms with Crippen molar-refractivity contribution in [3.05, 3.63) is 30.6 Å². The Morgan fingerprint density at radius 3 is 1.81 bits per heavy atom. The number of aromatic nitrogens is 1. The summed E-state index contributed by atoms with van der Waals surface area (Å²) in [4.78, 5) is 0. The Bertz CT molecular complexity index is 593. The largest absolute Gasteiger partial charge is 0.379 e. The van der Waals surface area contributed by atoms with Crippen LogP contribution in [0.25, 0.3) is 0 Å². The molecule has 3 heteroatoms. The lowest BCUT2D eigenvalue weighted by Crippen LogP contribution is -2.32. The Kier molecular flexibility index (Phi) is 21.1. The summed E-state index contributed by atoms with van der Waals surface area (Å²) in [5, 5.41) is 0. The Hall–Kier alpha value is -0.930. The molecule has 0 radical (unpaired) electrons. The predicted molar refractivity (Wildman–Crippen MR) is 158 cm³/mol. The highest BCUT2D eigenvalue weighted by atomic mass is 16.5. The van der Waals surface area contributed by atoms with Gasteiger partial charge in [-0.2, -0.15) is 0 Å². The normalized spacial score (nSPS) is 17.5. The quantitative estimate of drug-likeness (QED) is 0.0903. The topological polar surface area (TPSA) is 22.3 Å². The van der Waals surface area contributed by atoms with Crippen molar-refractivity contribution in [3.8, 4) is 0 Å². The molecular formula is C34H62NO2+. The molecule has 1 fully saturated rings. The van der Waals surface area contributed by atoms with Crippen LogP contribution in [0.4, 0.5) is 0 Å². The lowest BCUT2D eigenvalue weighted by molar-refractivity contribution is -0.697. The highest BCUT2D eigenvalue weighted by Crippen LogP contribution is 2.25. The van der Waals surface area contributed by atoms with Crippen LogP contribution >= 0.6 is 0 Å². The summed E-state index contributed by atoms with van der Waals surface area (Å²) in [5.74, 6) is 0.778. The lowest BCUT2D eigenvalue weighted by atomic mass is 9.97. The Labute approximate surface area is 231 Å². The summed E-state index contributed by atoms with van der Waals surface area (Å²) in [5.41, 5.74) is 0. The number of nitrogens with zero attached hydrogens (tertiary/aromatic N) is 1. The number of aryl methyl sites for hydroxylation is 1. The monoisotopic (exact) mass is 516 g/mol. The molecule has 0 N–H and O–H groups in total. The van der Waals surface area contributed by atoms with Crippen LogP contribution in [0, 0.1) is 5.92 Å². The van der Waals surface area contributed by atoms with Crippen LogP contribution < -0.4 is 4.57 Å². The summed E-state index contributed by atoms with van der Waals surface area (Å²) in [6, 6.07) is 6.30. The minimum Gasteiger partial charge on any atom is -0.379 e. The van der Waals surface area contributed by atoms with Crippen molar-refractivity contribution < 1.29 is 14.0 Å². The van der Waals surface area contributed by atoms with Crippen molar-refractivity contribution in [2.75, 3.05) is 19.8 Å². The molecule has 2 atom stereocenters. The van der Waals surface area contributed by atoms with Crippen LogP contribution in [0.1, 0.15) is 148 Å². The molecule has 1 aromatic heterocycles. The molecule has 3 nitrogen and oxygen atoms in total. The fraction of sp³-hybridized carbons (Fsp3) is 0.853. The molecule has 1 aliphatic heterocycles. The summed E-state index contributed by atoms with van der Waals surface area (Å²) in [6.45, 7) is 6.13. The van der Waals surface area contributed by atoms with Crippen LogP contribution in [0.2, 0.25) is 0 Å². The number of ether oxygens (including phenoxy) is 2. The van der Waals surface area contributed by atoms with Crippen LogP contribution in [0.5, 0.6) is 0 Å². The van der Waals surface area contributed by atoms with Gasteiger partial charge in [0.1, 0.15) is 6.54 Å². The van der Waals surface area contributed by atoms with Crippen LogP contribution in [-0.2, 0) is 16.0 Å². The first-order chi connectivity index (χ1) is 18.4. The standard InChI is InChI=1S/C34H62NO2/c1-2-3-4-5-6-7-8-9-10-11-12-13-16-20-25-33-30-34(37-31-33)32-36-29-24-18-15-14-17-21-26-35-27-22-19-23-28-35/h19,22-23,27-28,33-34H,2-18,20-21,24-26,29-32H2,1H3/q+1. The van der Waals surface area contributed by atoms with E-state index in [4.69, 9.17) is 9.47 Å². The third-order valence-corrected chi connectivity index (χ3v) is 8.17. The molecule has 0 bridgehead atoms. The van der Waals surface area contributed by atoms with Crippen LogP contribution in [0.15, 0.2) is 30.6 Å². The number of unbranched alkanes of at least 4 members (excludes halogenated alkanes) is 18. The fourth-order valence-electron chi connectivity index (χ4n) is 5.73. The zero-order chi connectivity index (χ0) is 26.1. The predicted octanol–water partition coefficient (Wildman–Crippen LogP) is 9.61. The van der Waals surface area contributed by atoms with E-state index in [1.165, 1.54) is 141 Å². The minimum absolute atomic E-state index is 0.354. The highest BCUT2D eigenvalue weighted by molar-refractivity contribution is 4.83. The number of hydrogen-bond donors (Lipinski definition) is 0. The molecule has 2 unspecified atom stereocenters. The minimum atomic E-state index is 0.354. The number of pyridine rings is 1. The SMILES string of the molecule is CCCCCCCCCCCCCCCCC1COC(COCCCCCCCC[n+]2ccccc2)C1. The zero-order valence-corrected chi connectivity index (χ0v) is 24.7. The van der Waals surface area contributed by atoms with Crippen molar-refractivity contribution in [3.63, 3.8) is 0 Å². The van der Waals surface area contributed by atoms with E-state index in [2.05, 4.69) is 42.1 Å². The van der Waals surface area contributed by atoms with Gasteiger partial charge in [0.05, 0.1) is 12.7 Å². The van der Waals surface area contributed by atoms with E-state index in [-0.39, 0.29) is 0 Å². The van der Waals surface area contributed by atoms with Crippen molar-refractivity contribution in [2.45, 2.75) is 161 Å². The molecule has 37 heavy (non-hydrogen) atoms. The molecule has 0 spiro atoms. The molecule has 0 saturated carbocycles. The third-order valence-electron chi connectivity index (χ3n) is 8.17. The van der Waals surface area contributed by atoms with Gasteiger partial charge in [-0.25, -0.2) is 4.57 Å². The van der Waals surface area contributed by atoms with Gasteiger partial charge < -0.3 is 9.47 Å². The first-order valence-electron chi connectivity index (χ1n) is 16.5. The first kappa shape index (κ1) is 32.3. The molecule has 214 valence electrons. The van der Waals surface area contributed by atoms with E-state index < -0.39 is 0 Å². The van der Waals surface area contributed by atoms with Crippen LogP contribution in [-0.4, -0.2) is 25.9 Å². The summed E-state index contributed by atoms with van der Waals surface area (Å²) >= 11 is 0. The van der Waals surface area contributed by atoms with Crippen molar-refractivity contribution in [1.29, 1.82) is 0 Å². The van der Waals surface area contributed by atoms with Crippen molar-refractivity contribution >= 4 is 0 Å². The van der Waals surface area contributed by atoms with E-state index in [0.29, 0.717) is 6.10 Å². The van der Waals surface area contributed by atoms with Gasteiger partial charge in [-0.15, -0.1) is 0 Å². The molecule has 1 saturated heterocycles. The molecule has 2 heterocycles. The molecular weight excluding hydrogens is 454 g/mol. The molecule has 1 aromatic rings. The van der Waals surface area contributed by atoms with E-state index >= 15 is 0 Å². The van der Waals surface area contributed by atoms with Gasteiger partial charge in [0.25, 0.3) is 0 Å². The Balaban J connectivity index is 1.26. The van der Waals surface area contributed by atoms with Crippen LogP contribution in [0.3, 0.4) is 0 Å². The van der Waals surface area contributed by atoms with Crippen molar-refractivity contribution in [1.82, 2.24) is 0 Å². The third kappa shape index (κ3) is 18.9. The summed E-state index contributed by atoms with van der Waals surface area (Å²) in [6.07, 6.45) is 35.2. The van der Waals surface area contributed by atoms with Crippen molar-refractivity contribution in [2.24, 2.45) is 5.92 Å². The number of rotatable bonds is 26. The van der Waals surface area contributed by atoms with Gasteiger partial charge in [0, 0.05) is 31.8 Å². The van der Waals surface area contributed by atoms with E-state index in [1.54, 1.807) is 0 Å². The maximum atomic E-state index is 6.02. The number of hydrogen-bond acceptors (Lipinski definition) is 2. The second-order valence-electron chi connectivity index (χ2n) is 11.8. The van der Waals surface area contributed by atoms with E-state index in [1.807, 2.05) is 0 Å². The maximum Gasteiger partial charge on any atom is 0.168 e. The Morgan fingerprint density at radius 1 is 0.649 bits per heavy atom. The van der Waals surface area contributed by atoms with Gasteiger partial charge in [0.2, 0.25) is 0 Å². The van der Waals surface area contributed by atoms with Gasteiger partial charge in [-0.1, -0.05) is 122 Å². The second kappa shape index (κ2) is 24.1.